The number of hydrogen-bond acceptors (Lipinski definition) is 4. The largest absolute Gasteiger partial charge is 0.310 e. The maximum atomic E-state index is 9.92. The number of nitrogens with zero attached hydrogens (tertiary/aromatic N) is 4. The minimum Gasteiger partial charge on any atom is -0.310 e. The molecule has 256 valence electrons. The van der Waals surface area contributed by atoms with Crippen molar-refractivity contribution >= 4 is 44.9 Å². The lowest BCUT2D eigenvalue weighted by Crippen LogP contribution is -2.18. The van der Waals surface area contributed by atoms with Crippen molar-refractivity contribution in [3.05, 3.63) is 178 Å². The molecule has 0 atom stereocenters. The highest BCUT2D eigenvalue weighted by Gasteiger charge is 2.38. The number of hydrogen-bond donors (Lipinski definition) is 0. The van der Waals surface area contributed by atoms with Crippen molar-refractivity contribution < 1.29 is 0 Å². The Labute approximate surface area is 312 Å². The first kappa shape index (κ1) is 33.5. The Morgan fingerprint density at radius 1 is 0.472 bits per heavy atom. The number of benzene rings is 7. The summed E-state index contributed by atoms with van der Waals surface area (Å²) < 4.78 is 0. The summed E-state index contributed by atoms with van der Waals surface area (Å²) >= 11 is 0. The molecule has 4 heteroatoms. The smallest absolute Gasteiger partial charge is 0.0992 e. The van der Waals surface area contributed by atoms with Gasteiger partial charge < -0.3 is 9.80 Å². The molecule has 0 heterocycles. The van der Waals surface area contributed by atoms with Crippen LogP contribution in [-0.2, 0) is 5.41 Å². The SMILES string of the molecule is Cc1ccc(N(c2cccc(C#N)c2)c2ccc3c(c2)C(C)(C)c2cc(N(c4cccc(C#N)c4)c4ccc(C)cc4C)c4ccccc4c2-3)c(C)c1. The van der Waals surface area contributed by atoms with Gasteiger partial charge in [0.15, 0.2) is 0 Å². The second kappa shape index (κ2) is 12.9. The van der Waals surface area contributed by atoms with Gasteiger partial charge in [0, 0.05) is 39.2 Å². The topological polar surface area (TPSA) is 54.1 Å². The molecule has 4 nitrogen and oxygen atoms in total. The minimum absolute atomic E-state index is 0.343. The highest BCUT2D eigenvalue weighted by atomic mass is 15.2. The van der Waals surface area contributed by atoms with Gasteiger partial charge in [0.1, 0.15) is 0 Å². The molecule has 1 aliphatic carbocycles. The van der Waals surface area contributed by atoms with Crippen LogP contribution in [0.25, 0.3) is 21.9 Å². The van der Waals surface area contributed by atoms with Crippen LogP contribution in [0.3, 0.4) is 0 Å². The van der Waals surface area contributed by atoms with E-state index < -0.39 is 0 Å². The molecule has 7 aromatic rings. The Bertz CT molecular complexity index is 2690. The summed E-state index contributed by atoms with van der Waals surface area (Å²) in [6.45, 7) is 13.2. The zero-order valence-electron chi connectivity index (χ0n) is 31.0. The van der Waals surface area contributed by atoms with Crippen LogP contribution in [-0.4, -0.2) is 0 Å². The lowest BCUT2D eigenvalue weighted by molar-refractivity contribution is 0.661. The molecule has 0 amide bonds. The van der Waals surface area contributed by atoms with Crippen LogP contribution >= 0.6 is 0 Å². The molecule has 7 aromatic carbocycles. The van der Waals surface area contributed by atoms with Crippen LogP contribution in [0.4, 0.5) is 34.1 Å². The predicted molar refractivity (Wildman–Crippen MR) is 219 cm³/mol. The number of aryl methyl sites for hydroxylation is 4. The standard InChI is InChI=1S/C49H40N4/c1-31-17-21-45(33(3)23-31)52(37-13-9-11-35(25-37)29-50)39-19-20-42-43(27-39)49(5,6)44-28-47(40-15-7-8-16-41(40)48(42)44)53(38-14-10-12-36(26-38)30-51)46-22-18-32(2)24-34(46)4/h7-28H,1-6H3. The third kappa shape index (κ3) is 5.61. The summed E-state index contributed by atoms with van der Waals surface area (Å²) in [7, 11) is 0. The molecular formula is C49H40N4. The summed E-state index contributed by atoms with van der Waals surface area (Å²) in [5.74, 6) is 0. The lowest BCUT2D eigenvalue weighted by Gasteiger charge is -2.31. The lowest BCUT2D eigenvalue weighted by atomic mass is 9.81. The van der Waals surface area contributed by atoms with E-state index in [0.717, 1.165) is 50.6 Å². The second-order valence-electron chi connectivity index (χ2n) is 14.8. The number of fused-ring (bicyclic) bond motifs is 5. The van der Waals surface area contributed by atoms with E-state index in [4.69, 9.17) is 0 Å². The van der Waals surface area contributed by atoms with E-state index >= 15 is 0 Å². The van der Waals surface area contributed by atoms with Crippen LogP contribution in [0, 0.1) is 50.4 Å². The van der Waals surface area contributed by atoms with Crippen molar-refractivity contribution in [3.63, 3.8) is 0 Å². The van der Waals surface area contributed by atoms with Crippen molar-refractivity contribution in [2.45, 2.75) is 47.0 Å². The number of rotatable bonds is 6. The monoisotopic (exact) mass is 684 g/mol. The second-order valence-corrected chi connectivity index (χ2v) is 14.8. The van der Waals surface area contributed by atoms with E-state index in [2.05, 4.69) is 161 Å². The summed E-state index contributed by atoms with van der Waals surface area (Å²) in [6.07, 6.45) is 0. The fourth-order valence-electron chi connectivity index (χ4n) is 8.25. The van der Waals surface area contributed by atoms with Crippen molar-refractivity contribution in [3.8, 4) is 23.3 Å². The zero-order chi connectivity index (χ0) is 37.0. The molecule has 0 saturated heterocycles. The van der Waals surface area contributed by atoms with E-state index in [1.807, 2.05) is 36.4 Å². The highest BCUT2D eigenvalue weighted by molar-refractivity contribution is 6.10. The Hall–Kier alpha value is -6.62. The van der Waals surface area contributed by atoms with Gasteiger partial charge in [-0.3, -0.25) is 0 Å². The van der Waals surface area contributed by atoms with Gasteiger partial charge in [-0.15, -0.1) is 0 Å². The molecule has 8 rings (SSSR count). The van der Waals surface area contributed by atoms with Crippen molar-refractivity contribution in [1.82, 2.24) is 0 Å². The number of anilines is 6. The van der Waals surface area contributed by atoms with Crippen LogP contribution < -0.4 is 9.80 Å². The van der Waals surface area contributed by atoms with Gasteiger partial charge in [-0.1, -0.05) is 91.7 Å². The molecule has 0 bridgehead atoms. The molecule has 1 aliphatic rings. The highest BCUT2D eigenvalue weighted by Crippen LogP contribution is 2.56. The molecule has 53 heavy (non-hydrogen) atoms. The van der Waals surface area contributed by atoms with Gasteiger partial charge in [-0.05, 0) is 133 Å². The summed E-state index contributed by atoms with van der Waals surface area (Å²) in [5, 5.41) is 22.1. The van der Waals surface area contributed by atoms with Gasteiger partial charge in [0.25, 0.3) is 0 Å². The normalized spacial score (nSPS) is 12.5. The zero-order valence-corrected chi connectivity index (χ0v) is 31.0. The van der Waals surface area contributed by atoms with Gasteiger partial charge in [0.05, 0.1) is 29.0 Å². The molecule has 0 saturated carbocycles. The quantitative estimate of drug-likeness (QED) is 0.175. The molecule has 0 fully saturated rings. The Balaban J connectivity index is 1.36. The average Bonchev–Trinajstić information content (AvgIpc) is 3.39. The predicted octanol–water partition coefficient (Wildman–Crippen LogP) is 13.1. The molecule has 0 radical (unpaired) electrons. The van der Waals surface area contributed by atoms with Crippen molar-refractivity contribution in [2.75, 3.05) is 9.80 Å². The van der Waals surface area contributed by atoms with Gasteiger partial charge in [-0.2, -0.15) is 10.5 Å². The van der Waals surface area contributed by atoms with E-state index in [1.54, 1.807) is 0 Å². The summed E-state index contributed by atoms with van der Waals surface area (Å²) in [6, 6.07) is 51.5. The maximum Gasteiger partial charge on any atom is 0.0992 e. The van der Waals surface area contributed by atoms with Gasteiger partial charge in [0.2, 0.25) is 0 Å². The molecule has 0 spiro atoms. The first-order valence-corrected chi connectivity index (χ1v) is 18.1. The third-order valence-electron chi connectivity index (χ3n) is 10.8. The Morgan fingerprint density at radius 3 is 1.60 bits per heavy atom. The Kier molecular flexibility index (Phi) is 8.13. The number of nitriles is 2. The third-order valence-corrected chi connectivity index (χ3v) is 10.8. The van der Waals surface area contributed by atoms with E-state index in [0.29, 0.717) is 11.1 Å². The molecular weight excluding hydrogens is 645 g/mol. The first-order valence-electron chi connectivity index (χ1n) is 18.1. The van der Waals surface area contributed by atoms with Gasteiger partial charge >= 0.3 is 0 Å². The van der Waals surface area contributed by atoms with E-state index in [1.165, 1.54) is 38.8 Å². The maximum absolute atomic E-state index is 9.92. The Morgan fingerprint density at radius 2 is 1.02 bits per heavy atom. The van der Waals surface area contributed by atoms with Crippen LogP contribution in [0.1, 0.15) is 58.4 Å². The fraction of sp³-hybridized carbons (Fsp3) is 0.143. The van der Waals surface area contributed by atoms with Crippen LogP contribution in [0.15, 0.2) is 133 Å². The molecule has 0 N–H and O–H groups in total. The van der Waals surface area contributed by atoms with Crippen LogP contribution in [0.2, 0.25) is 0 Å². The molecule has 0 aromatic heterocycles. The molecule has 0 aliphatic heterocycles. The minimum atomic E-state index is -0.343. The molecule has 0 unspecified atom stereocenters. The van der Waals surface area contributed by atoms with Gasteiger partial charge in [-0.25, -0.2) is 0 Å². The summed E-state index contributed by atoms with van der Waals surface area (Å²) in [5.41, 5.74) is 16.8. The summed E-state index contributed by atoms with van der Waals surface area (Å²) in [4.78, 5) is 4.61. The van der Waals surface area contributed by atoms with Crippen molar-refractivity contribution in [2.24, 2.45) is 0 Å². The van der Waals surface area contributed by atoms with E-state index in [9.17, 15) is 10.5 Å². The van der Waals surface area contributed by atoms with E-state index in [-0.39, 0.29) is 5.41 Å². The average molecular weight is 685 g/mol. The van der Waals surface area contributed by atoms with Crippen LogP contribution in [0.5, 0.6) is 0 Å². The first-order chi connectivity index (χ1) is 25.6. The fourth-order valence-corrected chi connectivity index (χ4v) is 8.25. The van der Waals surface area contributed by atoms with Crippen molar-refractivity contribution in [1.29, 1.82) is 10.5 Å².